The lowest BCUT2D eigenvalue weighted by Crippen LogP contribution is -1.89. The number of nitrogens with one attached hydrogen (secondary N) is 1. The summed E-state index contributed by atoms with van der Waals surface area (Å²) in [4.78, 5) is 4.44. The maximum atomic E-state index is 13.1. The van der Waals surface area contributed by atoms with Crippen molar-refractivity contribution in [2.24, 2.45) is 0 Å². The van der Waals surface area contributed by atoms with Crippen molar-refractivity contribution in [3.63, 3.8) is 0 Å². The second-order valence-corrected chi connectivity index (χ2v) is 5.71. The molecule has 2 nitrogen and oxygen atoms in total. The zero-order valence-corrected chi connectivity index (χ0v) is 11.6. The molecule has 0 saturated carbocycles. The van der Waals surface area contributed by atoms with E-state index in [-0.39, 0.29) is 5.82 Å². The van der Waals surface area contributed by atoms with Gasteiger partial charge in [-0.15, -0.1) is 0 Å². The minimum Gasteiger partial charge on any atom is -0.331 e. The summed E-state index contributed by atoms with van der Waals surface area (Å²) < 4.78 is 15.2. The topological polar surface area (TPSA) is 24.9 Å². The number of benzene rings is 2. The lowest BCUT2D eigenvalue weighted by atomic mass is 10.3. The maximum Gasteiger partial charge on any atom is 0.188 e. The summed E-state index contributed by atoms with van der Waals surface area (Å²) >= 11 is 4.96. The second kappa shape index (κ2) is 4.66. The van der Waals surface area contributed by atoms with Crippen LogP contribution in [0.1, 0.15) is 0 Å². The molecule has 0 fully saturated rings. The van der Waals surface area contributed by atoms with Crippen LogP contribution in [0.2, 0.25) is 0 Å². The highest BCUT2D eigenvalue weighted by molar-refractivity contribution is 9.10. The molecule has 1 aromatic heterocycles. The monoisotopic (exact) mass is 322 g/mol. The Labute approximate surface area is 116 Å². The van der Waals surface area contributed by atoms with E-state index in [1.165, 1.54) is 23.5 Å². The standard InChI is InChI=1S/C13H8BrFN2S/c14-8-4-5-11-12(6-8)18-13(17-11)16-10-3-1-2-9(15)7-10/h1-7H,(H,16,17). The number of halogens is 2. The number of rotatable bonds is 2. The van der Waals surface area contributed by atoms with Gasteiger partial charge >= 0.3 is 0 Å². The average molecular weight is 323 g/mol. The van der Waals surface area contributed by atoms with Gasteiger partial charge in [0.25, 0.3) is 0 Å². The van der Waals surface area contributed by atoms with Gasteiger partial charge in [-0.1, -0.05) is 33.3 Å². The Morgan fingerprint density at radius 2 is 2.06 bits per heavy atom. The molecule has 5 heteroatoms. The highest BCUT2D eigenvalue weighted by Gasteiger charge is 2.04. The lowest BCUT2D eigenvalue weighted by molar-refractivity contribution is 0.628. The van der Waals surface area contributed by atoms with Crippen molar-refractivity contribution in [3.05, 3.63) is 52.8 Å². The first kappa shape index (κ1) is 11.6. The molecule has 90 valence electrons. The van der Waals surface area contributed by atoms with E-state index in [2.05, 4.69) is 26.2 Å². The van der Waals surface area contributed by atoms with Gasteiger partial charge in [0.1, 0.15) is 5.82 Å². The predicted molar refractivity (Wildman–Crippen MR) is 77.0 cm³/mol. The summed E-state index contributed by atoms with van der Waals surface area (Å²) in [5.74, 6) is -0.260. The van der Waals surface area contributed by atoms with E-state index >= 15 is 0 Å². The summed E-state index contributed by atoms with van der Waals surface area (Å²) in [6.45, 7) is 0. The molecule has 0 radical (unpaired) electrons. The highest BCUT2D eigenvalue weighted by atomic mass is 79.9. The fourth-order valence-corrected chi connectivity index (χ4v) is 3.08. The molecule has 0 spiro atoms. The third-order valence-electron chi connectivity index (χ3n) is 2.43. The van der Waals surface area contributed by atoms with Crippen LogP contribution in [0.4, 0.5) is 15.2 Å². The zero-order chi connectivity index (χ0) is 12.5. The molecule has 0 amide bonds. The van der Waals surface area contributed by atoms with Gasteiger partial charge in [0.2, 0.25) is 0 Å². The molecule has 2 aromatic carbocycles. The summed E-state index contributed by atoms with van der Waals surface area (Å²) in [6.07, 6.45) is 0. The predicted octanol–water partition coefficient (Wildman–Crippen LogP) is 4.94. The molecule has 0 saturated heterocycles. The maximum absolute atomic E-state index is 13.1. The van der Waals surface area contributed by atoms with Crippen LogP contribution in [0.25, 0.3) is 10.2 Å². The SMILES string of the molecule is Fc1cccc(Nc2nc3ccc(Br)cc3s2)c1. The average Bonchev–Trinajstić information content (AvgIpc) is 2.70. The summed E-state index contributed by atoms with van der Waals surface area (Å²) in [5, 5.41) is 3.86. The minimum atomic E-state index is -0.260. The quantitative estimate of drug-likeness (QED) is 0.722. The van der Waals surface area contributed by atoms with Crippen molar-refractivity contribution in [3.8, 4) is 0 Å². The molecule has 1 heterocycles. The molecule has 0 unspecified atom stereocenters. The van der Waals surface area contributed by atoms with Crippen LogP contribution in [0.5, 0.6) is 0 Å². The van der Waals surface area contributed by atoms with Crippen LogP contribution in [0.15, 0.2) is 46.9 Å². The van der Waals surface area contributed by atoms with Gasteiger partial charge in [0.05, 0.1) is 10.2 Å². The normalized spacial score (nSPS) is 10.8. The van der Waals surface area contributed by atoms with Gasteiger partial charge in [-0.3, -0.25) is 0 Å². The molecule has 0 aliphatic carbocycles. The zero-order valence-electron chi connectivity index (χ0n) is 9.15. The number of fused-ring (bicyclic) bond motifs is 1. The van der Waals surface area contributed by atoms with E-state index in [0.29, 0.717) is 5.69 Å². The van der Waals surface area contributed by atoms with E-state index < -0.39 is 0 Å². The number of thiazole rings is 1. The molecule has 3 aromatic rings. The van der Waals surface area contributed by atoms with Gasteiger partial charge in [0, 0.05) is 10.2 Å². The van der Waals surface area contributed by atoms with Gasteiger partial charge in [0.15, 0.2) is 5.13 Å². The number of aromatic nitrogens is 1. The second-order valence-electron chi connectivity index (χ2n) is 3.77. The number of hydrogen-bond acceptors (Lipinski definition) is 3. The molecule has 0 atom stereocenters. The minimum absolute atomic E-state index is 0.260. The lowest BCUT2D eigenvalue weighted by Gasteiger charge is -2.01. The molecular weight excluding hydrogens is 315 g/mol. The number of nitrogens with zero attached hydrogens (tertiary/aromatic N) is 1. The Kier molecular flexibility index (Phi) is 3.01. The number of hydrogen-bond donors (Lipinski definition) is 1. The van der Waals surface area contributed by atoms with E-state index in [9.17, 15) is 4.39 Å². The Morgan fingerprint density at radius 3 is 2.89 bits per heavy atom. The molecule has 1 N–H and O–H groups in total. The third-order valence-corrected chi connectivity index (χ3v) is 3.85. The smallest absolute Gasteiger partial charge is 0.188 e. The van der Waals surface area contributed by atoms with E-state index in [0.717, 1.165) is 19.8 Å². The van der Waals surface area contributed by atoms with Crippen molar-refractivity contribution in [1.82, 2.24) is 4.98 Å². The van der Waals surface area contributed by atoms with Gasteiger partial charge in [-0.05, 0) is 36.4 Å². The summed E-state index contributed by atoms with van der Waals surface area (Å²) in [5.41, 5.74) is 1.63. The molecule has 0 aliphatic rings. The fourth-order valence-electron chi connectivity index (χ4n) is 1.64. The Morgan fingerprint density at radius 1 is 1.17 bits per heavy atom. The summed E-state index contributed by atoms with van der Waals surface area (Å²) in [7, 11) is 0. The van der Waals surface area contributed by atoms with Crippen LogP contribution in [-0.2, 0) is 0 Å². The molecule has 3 rings (SSSR count). The first-order chi connectivity index (χ1) is 8.70. The first-order valence-electron chi connectivity index (χ1n) is 5.29. The van der Waals surface area contributed by atoms with Gasteiger partial charge < -0.3 is 5.32 Å². The van der Waals surface area contributed by atoms with Crippen molar-refractivity contribution in [2.45, 2.75) is 0 Å². The Bertz CT molecular complexity index is 711. The van der Waals surface area contributed by atoms with Crippen molar-refractivity contribution in [2.75, 3.05) is 5.32 Å². The van der Waals surface area contributed by atoms with Crippen molar-refractivity contribution in [1.29, 1.82) is 0 Å². The fraction of sp³-hybridized carbons (Fsp3) is 0. The first-order valence-corrected chi connectivity index (χ1v) is 6.90. The Balaban J connectivity index is 1.95. The Hall–Kier alpha value is -1.46. The van der Waals surface area contributed by atoms with Crippen LogP contribution >= 0.6 is 27.3 Å². The molecule has 0 aliphatic heterocycles. The van der Waals surface area contributed by atoms with E-state index in [1.807, 2.05) is 24.3 Å². The van der Waals surface area contributed by atoms with Crippen molar-refractivity contribution < 1.29 is 4.39 Å². The van der Waals surface area contributed by atoms with Crippen LogP contribution in [0.3, 0.4) is 0 Å². The van der Waals surface area contributed by atoms with Gasteiger partial charge in [-0.2, -0.15) is 0 Å². The van der Waals surface area contributed by atoms with Crippen LogP contribution in [-0.4, -0.2) is 4.98 Å². The number of anilines is 2. The third kappa shape index (κ3) is 2.37. The summed E-state index contributed by atoms with van der Waals surface area (Å²) in [6, 6.07) is 12.3. The largest absolute Gasteiger partial charge is 0.331 e. The van der Waals surface area contributed by atoms with E-state index in [1.54, 1.807) is 6.07 Å². The van der Waals surface area contributed by atoms with Gasteiger partial charge in [-0.25, -0.2) is 9.37 Å². The van der Waals surface area contributed by atoms with Crippen LogP contribution < -0.4 is 5.32 Å². The molecule has 0 bridgehead atoms. The molecule has 18 heavy (non-hydrogen) atoms. The highest BCUT2D eigenvalue weighted by Crippen LogP contribution is 2.30. The molecular formula is C13H8BrFN2S. The van der Waals surface area contributed by atoms with Crippen LogP contribution in [0, 0.1) is 5.82 Å². The van der Waals surface area contributed by atoms with E-state index in [4.69, 9.17) is 0 Å². The van der Waals surface area contributed by atoms with Crippen molar-refractivity contribution >= 4 is 48.3 Å².